The number of esters is 2. The molecule has 0 saturated carbocycles. The molecule has 0 amide bonds. The van der Waals surface area contributed by atoms with E-state index in [1.54, 1.807) is 0 Å². The Morgan fingerprint density at radius 2 is 1.41 bits per heavy atom. The van der Waals surface area contributed by atoms with Crippen molar-refractivity contribution in [3.05, 3.63) is 12.8 Å². The molecule has 27 heavy (non-hydrogen) atoms. The Morgan fingerprint density at radius 3 is 2.00 bits per heavy atom. The van der Waals surface area contributed by atoms with Crippen molar-refractivity contribution in [2.75, 3.05) is 6.61 Å². The van der Waals surface area contributed by atoms with E-state index in [0.717, 1.165) is 38.4 Å². The minimum absolute atomic E-state index is 0.211. The van der Waals surface area contributed by atoms with Crippen molar-refractivity contribution in [3.63, 3.8) is 0 Å². The number of ether oxygens (including phenoxy) is 3. The summed E-state index contributed by atoms with van der Waals surface area (Å²) >= 11 is 0. The molecule has 0 radical (unpaired) electrons. The van der Waals surface area contributed by atoms with E-state index in [-0.39, 0.29) is 19.0 Å². The highest BCUT2D eigenvalue weighted by Crippen LogP contribution is 2.20. The van der Waals surface area contributed by atoms with Gasteiger partial charge in [-0.2, -0.15) is 0 Å². The summed E-state index contributed by atoms with van der Waals surface area (Å²) in [7, 11) is 0. The maximum atomic E-state index is 11.7. The third-order valence-corrected chi connectivity index (χ3v) is 4.32. The number of hydrogen-bond acceptors (Lipinski definition) is 9. The van der Waals surface area contributed by atoms with Crippen LogP contribution in [0, 0.1) is 0 Å². The van der Waals surface area contributed by atoms with E-state index in [9.17, 15) is 30.0 Å². The van der Waals surface area contributed by atoms with Gasteiger partial charge in [0, 0.05) is 12.8 Å². The predicted octanol–water partition coefficient (Wildman–Crippen LogP) is 0.137. The second-order valence-corrected chi connectivity index (χ2v) is 6.50. The zero-order valence-electron chi connectivity index (χ0n) is 15.4. The number of aliphatic hydroxyl groups is 4. The van der Waals surface area contributed by atoms with E-state index in [2.05, 4.69) is 11.3 Å². The highest BCUT2D eigenvalue weighted by atomic mass is 16.6. The van der Waals surface area contributed by atoms with E-state index in [1.807, 2.05) is 0 Å². The van der Waals surface area contributed by atoms with Crippen molar-refractivity contribution in [2.45, 2.75) is 82.1 Å². The molecule has 1 heterocycles. The Bertz CT molecular complexity index is 468. The summed E-state index contributed by atoms with van der Waals surface area (Å²) in [5.74, 6) is -0.748. The minimum atomic E-state index is -1.65. The van der Waals surface area contributed by atoms with Crippen LogP contribution in [0.25, 0.3) is 0 Å². The van der Waals surface area contributed by atoms with Gasteiger partial charge in [0.25, 0.3) is 0 Å². The van der Waals surface area contributed by atoms with Gasteiger partial charge < -0.3 is 34.6 Å². The Morgan fingerprint density at radius 1 is 0.852 bits per heavy atom. The second-order valence-electron chi connectivity index (χ2n) is 6.50. The Labute approximate surface area is 158 Å². The molecule has 1 saturated heterocycles. The highest BCUT2D eigenvalue weighted by molar-refractivity contribution is 5.69. The summed E-state index contributed by atoms with van der Waals surface area (Å²) < 4.78 is 14.5. The summed E-state index contributed by atoms with van der Waals surface area (Å²) in [6, 6.07) is 0. The molecule has 1 aliphatic rings. The van der Waals surface area contributed by atoms with Gasteiger partial charge in [0.2, 0.25) is 0 Å². The molecule has 5 atom stereocenters. The summed E-state index contributed by atoms with van der Waals surface area (Å²) in [4.78, 5) is 22.8. The van der Waals surface area contributed by atoms with Crippen molar-refractivity contribution in [1.82, 2.24) is 0 Å². The van der Waals surface area contributed by atoms with Crippen LogP contribution < -0.4 is 0 Å². The smallest absolute Gasteiger partial charge is 0.310 e. The van der Waals surface area contributed by atoms with Crippen LogP contribution in [0.1, 0.15) is 51.4 Å². The molecule has 1 rings (SSSR count). The molecule has 0 aromatic heterocycles. The van der Waals surface area contributed by atoms with Gasteiger partial charge in [0.15, 0.2) is 6.29 Å². The van der Waals surface area contributed by atoms with Crippen LogP contribution in [-0.2, 0) is 23.8 Å². The van der Waals surface area contributed by atoms with Crippen LogP contribution in [0.15, 0.2) is 12.8 Å². The number of rotatable bonds is 12. The second kappa shape index (κ2) is 12.8. The number of unbranched alkanes of at least 4 members (excludes halogenated alkanes) is 5. The van der Waals surface area contributed by atoms with Gasteiger partial charge in [-0.3, -0.25) is 9.59 Å². The average molecular weight is 390 g/mol. The van der Waals surface area contributed by atoms with Gasteiger partial charge in [0.1, 0.15) is 31.0 Å². The topological polar surface area (TPSA) is 143 Å². The molecule has 1 unspecified atom stereocenters. The van der Waals surface area contributed by atoms with Gasteiger partial charge in [-0.05, 0) is 12.8 Å². The first-order valence-electron chi connectivity index (χ1n) is 9.20. The molecular formula is C18H30O9. The Kier molecular flexibility index (Phi) is 11.1. The van der Waals surface area contributed by atoms with Crippen LogP contribution in [0.2, 0.25) is 0 Å². The van der Waals surface area contributed by atoms with Gasteiger partial charge >= 0.3 is 11.9 Å². The lowest BCUT2D eigenvalue weighted by atomic mass is 9.99. The lowest BCUT2D eigenvalue weighted by Gasteiger charge is -2.37. The monoisotopic (exact) mass is 390 g/mol. The average Bonchev–Trinajstić information content (AvgIpc) is 2.64. The fourth-order valence-electron chi connectivity index (χ4n) is 2.71. The highest BCUT2D eigenvalue weighted by Gasteiger charge is 2.43. The van der Waals surface area contributed by atoms with Crippen molar-refractivity contribution in [3.8, 4) is 0 Å². The molecule has 9 nitrogen and oxygen atoms in total. The minimum Gasteiger partial charge on any atom is -0.463 e. The molecular weight excluding hydrogens is 360 g/mol. The Balaban J connectivity index is 2.04. The molecule has 0 aromatic rings. The van der Waals surface area contributed by atoms with Crippen LogP contribution in [0.3, 0.4) is 0 Å². The molecule has 9 heteroatoms. The first-order chi connectivity index (χ1) is 12.9. The molecule has 1 fully saturated rings. The van der Waals surface area contributed by atoms with E-state index >= 15 is 0 Å². The number of carbonyl (C=O) groups is 2. The number of aliphatic hydroxyl groups excluding tert-OH is 4. The number of carbonyl (C=O) groups excluding carboxylic acids is 2. The summed E-state index contributed by atoms with van der Waals surface area (Å²) in [5, 5.41) is 38.1. The lowest BCUT2D eigenvalue weighted by Crippen LogP contribution is -2.58. The molecule has 0 aromatic carbocycles. The van der Waals surface area contributed by atoms with Crippen LogP contribution in [-0.4, -0.2) is 69.7 Å². The molecule has 0 bridgehead atoms. The van der Waals surface area contributed by atoms with Gasteiger partial charge in [-0.1, -0.05) is 32.3 Å². The molecule has 156 valence electrons. The van der Waals surface area contributed by atoms with Crippen molar-refractivity contribution < 1.29 is 44.2 Å². The van der Waals surface area contributed by atoms with Crippen LogP contribution in [0.5, 0.6) is 0 Å². The van der Waals surface area contributed by atoms with Crippen molar-refractivity contribution in [2.24, 2.45) is 0 Å². The molecule has 0 spiro atoms. The first-order valence-corrected chi connectivity index (χ1v) is 9.20. The summed E-state index contributed by atoms with van der Waals surface area (Å²) in [6.07, 6.45) is -0.646. The maximum absolute atomic E-state index is 11.7. The normalized spacial score (nSPS) is 27.8. The largest absolute Gasteiger partial charge is 0.463 e. The van der Waals surface area contributed by atoms with Crippen LogP contribution >= 0.6 is 0 Å². The van der Waals surface area contributed by atoms with E-state index in [1.165, 1.54) is 0 Å². The van der Waals surface area contributed by atoms with Crippen LogP contribution in [0.4, 0.5) is 0 Å². The fourth-order valence-corrected chi connectivity index (χ4v) is 2.71. The maximum Gasteiger partial charge on any atom is 0.310 e. The van der Waals surface area contributed by atoms with E-state index in [0.29, 0.717) is 12.8 Å². The summed E-state index contributed by atoms with van der Waals surface area (Å²) in [6.45, 7) is 3.00. The van der Waals surface area contributed by atoms with Gasteiger partial charge in [-0.25, -0.2) is 0 Å². The van der Waals surface area contributed by atoms with Gasteiger partial charge in [-0.15, -0.1) is 0 Å². The molecule has 0 aliphatic carbocycles. The molecule has 4 N–H and O–H groups in total. The zero-order valence-corrected chi connectivity index (χ0v) is 15.4. The van der Waals surface area contributed by atoms with Crippen molar-refractivity contribution >= 4 is 11.9 Å². The third kappa shape index (κ3) is 8.81. The van der Waals surface area contributed by atoms with Crippen molar-refractivity contribution in [1.29, 1.82) is 0 Å². The SMILES string of the molecule is C=COC(=O)CCCCCCCCC(=O)OC[C@H]1OC(O)[C@@H](O)[C@@H](O)[C@@H]1O. The zero-order chi connectivity index (χ0) is 20.2. The third-order valence-electron chi connectivity index (χ3n) is 4.32. The quantitative estimate of drug-likeness (QED) is 0.208. The lowest BCUT2D eigenvalue weighted by molar-refractivity contribution is -0.287. The predicted molar refractivity (Wildman–Crippen MR) is 93.1 cm³/mol. The van der Waals surface area contributed by atoms with Gasteiger partial charge in [0.05, 0.1) is 6.26 Å². The van der Waals surface area contributed by atoms with E-state index < -0.39 is 36.7 Å². The fraction of sp³-hybridized carbons (Fsp3) is 0.778. The summed E-state index contributed by atoms with van der Waals surface area (Å²) in [5.41, 5.74) is 0. The van der Waals surface area contributed by atoms with E-state index in [4.69, 9.17) is 9.47 Å². The molecule has 1 aliphatic heterocycles. The number of hydrogen-bond donors (Lipinski definition) is 4. The standard InChI is InChI=1S/C18H30O9/c1-2-25-13(19)9-7-5-3-4-6-8-10-14(20)26-11-12-15(21)16(22)17(23)18(24)27-12/h2,12,15-18,21-24H,1,3-11H2/t12-,15-,16+,17+,18?/m1/s1. The first kappa shape index (κ1) is 23.5. The Hall–Kier alpha value is -1.52.